The third kappa shape index (κ3) is 2.52. The summed E-state index contributed by atoms with van der Waals surface area (Å²) in [5.74, 6) is -0.509. The Hall–Kier alpha value is -1.69. The van der Waals surface area contributed by atoms with Gasteiger partial charge in [-0.05, 0) is 30.7 Å². The number of esters is 1. The van der Waals surface area contributed by atoms with Gasteiger partial charge in [0.05, 0.1) is 7.11 Å². The molecule has 0 spiro atoms. The summed E-state index contributed by atoms with van der Waals surface area (Å²) < 4.78 is 10.6. The number of carbonyl (C=O) groups excluding carboxylic acids is 1. The van der Waals surface area contributed by atoms with E-state index in [0.29, 0.717) is 0 Å². The second-order valence-electron chi connectivity index (χ2n) is 3.42. The average molecular weight is 297 g/mol. The first-order chi connectivity index (χ1) is 8.10. The van der Waals surface area contributed by atoms with Crippen LogP contribution in [-0.2, 0) is 4.74 Å². The Kier molecular flexibility index (Phi) is 3.23. The van der Waals surface area contributed by atoms with E-state index in [1.54, 1.807) is 0 Å². The maximum atomic E-state index is 11.2. The van der Waals surface area contributed by atoms with Crippen LogP contribution in [0.1, 0.15) is 16.2 Å². The Morgan fingerprint density at radius 1 is 1.35 bits per heavy atom. The van der Waals surface area contributed by atoms with Crippen molar-refractivity contribution in [3.05, 3.63) is 34.1 Å². The number of hydrogen-bond donors (Lipinski definition) is 0. The van der Waals surface area contributed by atoms with Crippen LogP contribution in [0, 0.1) is 6.92 Å². The van der Waals surface area contributed by atoms with Crippen LogP contribution in [0.15, 0.2) is 27.1 Å². The van der Waals surface area contributed by atoms with E-state index in [1.165, 1.54) is 7.11 Å². The first-order valence-electron chi connectivity index (χ1n) is 4.79. The quantitative estimate of drug-likeness (QED) is 0.797. The van der Waals surface area contributed by atoms with Gasteiger partial charge in [0.2, 0.25) is 5.89 Å². The monoisotopic (exact) mass is 296 g/mol. The van der Waals surface area contributed by atoms with Crippen LogP contribution in [0.3, 0.4) is 0 Å². The van der Waals surface area contributed by atoms with Gasteiger partial charge in [-0.25, -0.2) is 4.79 Å². The van der Waals surface area contributed by atoms with Gasteiger partial charge in [-0.15, -0.1) is 10.2 Å². The van der Waals surface area contributed by atoms with E-state index in [1.807, 2.05) is 25.1 Å². The van der Waals surface area contributed by atoms with Crippen molar-refractivity contribution in [2.24, 2.45) is 0 Å². The molecule has 0 aliphatic carbocycles. The molecule has 0 aliphatic rings. The zero-order chi connectivity index (χ0) is 12.4. The lowest BCUT2D eigenvalue weighted by molar-refractivity contribution is 0.0556. The zero-order valence-corrected chi connectivity index (χ0v) is 10.8. The molecular weight excluding hydrogens is 288 g/mol. The molecule has 5 nitrogen and oxygen atoms in total. The number of hydrogen-bond acceptors (Lipinski definition) is 5. The molecule has 0 aliphatic heterocycles. The third-order valence-corrected chi connectivity index (χ3v) is 2.53. The summed E-state index contributed by atoms with van der Waals surface area (Å²) >= 11 is 3.38. The van der Waals surface area contributed by atoms with Gasteiger partial charge in [0, 0.05) is 10.0 Å². The largest absolute Gasteiger partial charge is 0.462 e. The summed E-state index contributed by atoms with van der Waals surface area (Å²) in [6.07, 6.45) is 0. The first kappa shape index (κ1) is 11.8. The second kappa shape index (κ2) is 4.67. The lowest BCUT2D eigenvalue weighted by atomic mass is 10.1. The van der Waals surface area contributed by atoms with E-state index in [9.17, 15) is 4.79 Å². The Bertz CT molecular complexity index is 545. The molecule has 0 amide bonds. The van der Waals surface area contributed by atoms with E-state index in [-0.39, 0.29) is 11.8 Å². The molecule has 88 valence electrons. The van der Waals surface area contributed by atoms with Crippen LogP contribution >= 0.6 is 15.9 Å². The summed E-state index contributed by atoms with van der Waals surface area (Å²) in [7, 11) is 1.26. The highest BCUT2D eigenvalue weighted by Gasteiger charge is 2.16. The van der Waals surface area contributed by atoms with Gasteiger partial charge in [-0.2, -0.15) is 0 Å². The minimum absolute atomic E-state index is 0.153. The normalized spacial score (nSPS) is 10.3. The molecule has 0 N–H and O–H groups in total. The molecule has 0 unspecified atom stereocenters. The molecule has 0 saturated carbocycles. The van der Waals surface area contributed by atoms with E-state index >= 15 is 0 Å². The molecule has 1 aromatic carbocycles. The number of rotatable bonds is 2. The Morgan fingerprint density at radius 3 is 2.76 bits per heavy atom. The van der Waals surface area contributed by atoms with Gasteiger partial charge < -0.3 is 9.15 Å². The van der Waals surface area contributed by atoms with Crippen molar-refractivity contribution in [3.8, 4) is 11.5 Å². The average Bonchev–Trinajstić information content (AvgIpc) is 2.76. The van der Waals surface area contributed by atoms with Crippen LogP contribution in [0.2, 0.25) is 0 Å². The molecule has 2 rings (SSSR count). The predicted octanol–water partition coefficient (Wildman–Crippen LogP) is 2.59. The minimum atomic E-state index is -0.643. The van der Waals surface area contributed by atoms with Crippen molar-refractivity contribution in [1.82, 2.24) is 10.2 Å². The summed E-state index contributed by atoms with van der Waals surface area (Å²) in [5, 5.41) is 7.42. The van der Waals surface area contributed by atoms with Crippen LogP contribution in [0.25, 0.3) is 11.5 Å². The number of carbonyl (C=O) groups is 1. The lowest BCUT2D eigenvalue weighted by Gasteiger charge is -1.98. The summed E-state index contributed by atoms with van der Waals surface area (Å²) in [5.41, 5.74) is 1.80. The van der Waals surface area contributed by atoms with Crippen molar-refractivity contribution < 1.29 is 13.9 Å². The van der Waals surface area contributed by atoms with E-state index < -0.39 is 5.97 Å². The molecule has 1 heterocycles. The fraction of sp³-hybridized carbons (Fsp3) is 0.182. The number of benzene rings is 1. The Balaban J connectivity index is 2.40. The molecule has 0 radical (unpaired) electrons. The van der Waals surface area contributed by atoms with Crippen LogP contribution in [-0.4, -0.2) is 23.3 Å². The highest BCUT2D eigenvalue weighted by Crippen LogP contribution is 2.24. The van der Waals surface area contributed by atoms with Gasteiger partial charge in [-0.1, -0.05) is 15.9 Å². The Labute approximate surface area is 106 Å². The van der Waals surface area contributed by atoms with Crippen LogP contribution in [0.5, 0.6) is 0 Å². The predicted molar refractivity (Wildman–Crippen MR) is 63.5 cm³/mol. The topological polar surface area (TPSA) is 65.2 Å². The number of aromatic nitrogens is 2. The van der Waals surface area contributed by atoms with Gasteiger partial charge in [0.25, 0.3) is 0 Å². The number of ether oxygens (including phenoxy) is 1. The third-order valence-electron chi connectivity index (χ3n) is 2.07. The van der Waals surface area contributed by atoms with E-state index in [2.05, 4.69) is 30.9 Å². The number of nitrogens with zero attached hydrogens (tertiary/aromatic N) is 2. The summed E-state index contributed by atoms with van der Waals surface area (Å²) in [6.45, 7) is 1.95. The molecular formula is C11H9BrN2O3. The highest BCUT2D eigenvalue weighted by atomic mass is 79.9. The SMILES string of the molecule is COC(=O)c1nnc(-c2cc(C)cc(Br)c2)o1. The fourth-order valence-corrected chi connectivity index (χ4v) is 1.98. The fourth-order valence-electron chi connectivity index (χ4n) is 1.37. The van der Waals surface area contributed by atoms with Gasteiger partial charge in [0.15, 0.2) is 0 Å². The van der Waals surface area contributed by atoms with E-state index in [0.717, 1.165) is 15.6 Å². The highest BCUT2D eigenvalue weighted by molar-refractivity contribution is 9.10. The van der Waals surface area contributed by atoms with Crippen molar-refractivity contribution in [2.45, 2.75) is 6.92 Å². The zero-order valence-electron chi connectivity index (χ0n) is 9.23. The van der Waals surface area contributed by atoms with Crippen molar-refractivity contribution in [1.29, 1.82) is 0 Å². The molecule has 6 heteroatoms. The van der Waals surface area contributed by atoms with Crippen molar-refractivity contribution in [2.75, 3.05) is 7.11 Å². The maximum Gasteiger partial charge on any atom is 0.396 e. The van der Waals surface area contributed by atoms with Crippen LogP contribution in [0.4, 0.5) is 0 Å². The minimum Gasteiger partial charge on any atom is -0.462 e. The number of halogens is 1. The molecule has 0 bridgehead atoms. The smallest absolute Gasteiger partial charge is 0.396 e. The van der Waals surface area contributed by atoms with Gasteiger partial charge in [-0.3, -0.25) is 0 Å². The molecule has 0 atom stereocenters. The number of aryl methyl sites for hydroxylation is 1. The molecule has 0 saturated heterocycles. The standard InChI is InChI=1S/C11H9BrN2O3/c1-6-3-7(5-8(12)4-6)9-13-14-10(17-9)11(15)16-2/h3-5H,1-2H3. The summed E-state index contributed by atoms with van der Waals surface area (Å²) in [4.78, 5) is 11.2. The Morgan fingerprint density at radius 2 is 2.12 bits per heavy atom. The van der Waals surface area contributed by atoms with Crippen LogP contribution < -0.4 is 0 Å². The first-order valence-corrected chi connectivity index (χ1v) is 5.59. The van der Waals surface area contributed by atoms with Gasteiger partial charge >= 0.3 is 11.9 Å². The van der Waals surface area contributed by atoms with Gasteiger partial charge in [0.1, 0.15) is 0 Å². The maximum absolute atomic E-state index is 11.2. The number of methoxy groups -OCH3 is 1. The molecule has 2 aromatic rings. The second-order valence-corrected chi connectivity index (χ2v) is 4.34. The molecule has 0 fully saturated rings. The van der Waals surface area contributed by atoms with Crippen molar-refractivity contribution in [3.63, 3.8) is 0 Å². The lowest BCUT2D eigenvalue weighted by Crippen LogP contribution is -2.00. The summed E-state index contributed by atoms with van der Waals surface area (Å²) in [6, 6.07) is 5.68. The van der Waals surface area contributed by atoms with E-state index in [4.69, 9.17) is 4.42 Å². The van der Waals surface area contributed by atoms with Crippen molar-refractivity contribution >= 4 is 21.9 Å². The molecule has 1 aromatic heterocycles. The molecule has 17 heavy (non-hydrogen) atoms.